The molecule has 0 saturated carbocycles. The first-order chi connectivity index (χ1) is 8.56. The van der Waals surface area contributed by atoms with Crippen LogP contribution in [0.2, 0.25) is 0 Å². The van der Waals surface area contributed by atoms with Crippen LogP contribution in [-0.2, 0) is 4.74 Å². The van der Waals surface area contributed by atoms with E-state index in [-0.39, 0.29) is 0 Å². The lowest BCUT2D eigenvalue weighted by Gasteiger charge is -2.33. The Labute approximate surface area is 131 Å². The molecule has 1 aromatic carbocycles. The molecule has 100 valence electrons. The fourth-order valence-electron chi connectivity index (χ4n) is 2.25. The number of benzene rings is 1. The molecule has 1 saturated heterocycles. The first-order valence-corrected chi connectivity index (χ1v) is 8.26. The van der Waals surface area contributed by atoms with Crippen LogP contribution in [0.15, 0.2) is 22.7 Å². The molecule has 0 spiro atoms. The molecule has 1 aliphatic rings. The van der Waals surface area contributed by atoms with E-state index in [0.29, 0.717) is 18.1 Å². The van der Waals surface area contributed by atoms with Gasteiger partial charge >= 0.3 is 0 Å². The van der Waals surface area contributed by atoms with Crippen molar-refractivity contribution in [2.75, 3.05) is 11.9 Å². The summed E-state index contributed by atoms with van der Waals surface area (Å²) in [6, 6.07) is 6.95. The lowest BCUT2D eigenvalue weighted by molar-refractivity contribution is -0.0160. The molecule has 2 atom stereocenters. The van der Waals surface area contributed by atoms with Crippen LogP contribution in [0, 0.1) is 9.49 Å². The van der Waals surface area contributed by atoms with Gasteiger partial charge in [0.1, 0.15) is 0 Å². The third kappa shape index (κ3) is 3.84. The molecule has 0 aromatic heterocycles. The minimum Gasteiger partial charge on any atom is -0.382 e. The van der Waals surface area contributed by atoms with Crippen LogP contribution in [-0.4, -0.2) is 18.8 Å². The second kappa shape index (κ2) is 6.57. The molecule has 1 fully saturated rings. The Balaban J connectivity index is 1.98. The van der Waals surface area contributed by atoms with E-state index in [4.69, 9.17) is 4.74 Å². The van der Waals surface area contributed by atoms with Gasteiger partial charge in [0.05, 0.1) is 6.10 Å². The minimum absolute atomic E-state index is 0.394. The molecule has 0 radical (unpaired) electrons. The highest BCUT2D eigenvalue weighted by Crippen LogP contribution is 2.26. The van der Waals surface area contributed by atoms with Crippen LogP contribution in [0.3, 0.4) is 0 Å². The van der Waals surface area contributed by atoms with Gasteiger partial charge in [0.25, 0.3) is 0 Å². The van der Waals surface area contributed by atoms with Crippen molar-refractivity contribution in [1.29, 1.82) is 0 Å². The third-order valence-electron chi connectivity index (χ3n) is 3.35. The van der Waals surface area contributed by atoms with Gasteiger partial charge in [0.2, 0.25) is 0 Å². The molecular formula is C14H19BrINO. The number of halogens is 2. The molecule has 2 rings (SSSR count). The Morgan fingerprint density at radius 3 is 2.89 bits per heavy atom. The summed E-state index contributed by atoms with van der Waals surface area (Å²) in [7, 11) is 0. The zero-order chi connectivity index (χ0) is 13.1. The van der Waals surface area contributed by atoms with Crippen LogP contribution in [0.1, 0.15) is 26.7 Å². The van der Waals surface area contributed by atoms with Gasteiger partial charge in [0, 0.05) is 26.4 Å². The Morgan fingerprint density at radius 1 is 1.44 bits per heavy atom. The van der Waals surface area contributed by atoms with Crippen LogP contribution in [0.25, 0.3) is 0 Å². The number of ether oxygens (including phenoxy) is 1. The monoisotopic (exact) mass is 423 g/mol. The number of anilines is 1. The summed E-state index contributed by atoms with van der Waals surface area (Å²) in [5.41, 5.74) is 1.21. The fraction of sp³-hybridized carbons (Fsp3) is 0.571. The molecular weight excluding hydrogens is 405 g/mol. The van der Waals surface area contributed by atoms with Gasteiger partial charge in [-0.1, -0.05) is 13.8 Å². The number of hydrogen-bond donors (Lipinski definition) is 1. The number of rotatable bonds is 3. The largest absolute Gasteiger partial charge is 0.382 e. The SMILES string of the molecule is CC(C)C1CC(Nc2ccc(Br)c(I)c2)CCO1. The summed E-state index contributed by atoms with van der Waals surface area (Å²) in [6.45, 7) is 5.33. The molecule has 1 heterocycles. The smallest absolute Gasteiger partial charge is 0.0617 e. The van der Waals surface area contributed by atoms with E-state index >= 15 is 0 Å². The molecule has 18 heavy (non-hydrogen) atoms. The van der Waals surface area contributed by atoms with Crippen molar-refractivity contribution >= 4 is 44.2 Å². The number of nitrogens with one attached hydrogen (secondary N) is 1. The van der Waals surface area contributed by atoms with Gasteiger partial charge in [-0.2, -0.15) is 0 Å². The van der Waals surface area contributed by atoms with Gasteiger partial charge in [0.15, 0.2) is 0 Å². The summed E-state index contributed by atoms with van der Waals surface area (Å²) in [5, 5.41) is 3.63. The minimum atomic E-state index is 0.394. The van der Waals surface area contributed by atoms with Crippen molar-refractivity contribution < 1.29 is 4.74 Å². The van der Waals surface area contributed by atoms with Gasteiger partial charge in [-0.15, -0.1) is 0 Å². The molecule has 4 heteroatoms. The van der Waals surface area contributed by atoms with Crippen LogP contribution >= 0.6 is 38.5 Å². The average Bonchev–Trinajstić information content (AvgIpc) is 2.34. The Kier molecular flexibility index (Phi) is 5.33. The van der Waals surface area contributed by atoms with Gasteiger partial charge in [-0.05, 0) is 75.5 Å². The van der Waals surface area contributed by atoms with E-state index in [9.17, 15) is 0 Å². The maximum atomic E-state index is 5.80. The highest BCUT2D eigenvalue weighted by Gasteiger charge is 2.24. The molecule has 1 aliphatic heterocycles. The van der Waals surface area contributed by atoms with Crippen molar-refractivity contribution in [2.45, 2.75) is 38.8 Å². The van der Waals surface area contributed by atoms with E-state index in [0.717, 1.165) is 23.9 Å². The van der Waals surface area contributed by atoms with Gasteiger partial charge < -0.3 is 10.1 Å². The topological polar surface area (TPSA) is 21.3 Å². The van der Waals surface area contributed by atoms with E-state index in [1.807, 2.05) is 0 Å². The quantitative estimate of drug-likeness (QED) is 0.713. The maximum Gasteiger partial charge on any atom is 0.0617 e. The average molecular weight is 424 g/mol. The highest BCUT2D eigenvalue weighted by molar-refractivity contribution is 14.1. The zero-order valence-electron chi connectivity index (χ0n) is 10.7. The van der Waals surface area contributed by atoms with E-state index < -0.39 is 0 Å². The lowest BCUT2D eigenvalue weighted by atomic mass is 9.95. The normalized spacial score (nSPS) is 24.3. The molecule has 0 aliphatic carbocycles. The molecule has 1 N–H and O–H groups in total. The first-order valence-electron chi connectivity index (χ1n) is 6.39. The second-order valence-electron chi connectivity index (χ2n) is 5.15. The summed E-state index contributed by atoms with van der Waals surface area (Å²) in [5.74, 6) is 0.597. The molecule has 2 unspecified atom stereocenters. The van der Waals surface area contributed by atoms with Crippen molar-refractivity contribution in [1.82, 2.24) is 0 Å². The predicted molar refractivity (Wildman–Crippen MR) is 88.1 cm³/mol. The second-order valence-corrected chi connectivity index (χ2v) is 7.16. The summed E-state index contributed by atoms with van der Waals surface area (Å²) in [6.07, 6.45) is 2.59. The molecule has 0 amide bonds. The Bertz CT molecular complexity index is 411. The molecule has 0 bridgehead atoms. The van der Waals surface area contributed by atoms with Crippen molar-refractivity contribution in [3.8, 4) is 0 Å². The lowest BCUT2D eigenvalue weighted by Crippen LogP contribution is -2.36. The standard InChI is InChI=1S/C14H19BrINO/c1-9(2)14-8-11(5-6-18-14)17-10-3-4-12(15)13(16)7-10/h3-4,7,9,11,14,17H,5-6,8H2,1-2H3. The van der Waals surface area contributed by atoms with E-state index in [2.05, 4.69) is 75.9 Å². The van der Waals surface area contributed by atoms with Crippen molar-refractivity contribution in [3.63, 3.8) is 0 Å². The van der Waals surface area contributed by atoms with Crippen molar-refractivity contribution in [3.05, 3.63) is 26.2 Å². The Hall–Kier alpha value is 0.190. The zero-order valence-corrected chi connectivity index (χ0v) is 14.5. The Morgan fingerprint density at radius 2 is 2.22 bits per heavy atom. The third-order valence-corrected chi connectivity index (χ3v) is 5.67. The maximum absolute atomic E-state index is 5.80. The van der Waals surface area contributed by atoms with Crippen LogP contribution < -0.4 is 5.32 Å². The van der Waals surface area contributed by atoms with E-state index in [1.54, 1.807) is 0 Å². The molecule has 2 nitrogen and oxygen atoms in total. The highest BCUT2D eigenvalue weighted by atomic mass is 127. The van der Waals surface area contributed by atoms with E-state index in [1.165, 1.54) is 9.26 Å². The summed E-state index contributed by atoms with van der Waals surface area (Å²) < 4.78 is 8.20. The fourth-order valence-corrected chi connectivity index (χ4v) is 3.01. The molecule has 1 aromatic rings. The van der Waals surface area contributed by atoms with Crippen LogP contribution in [0.5, 0.6) is 0 Å². The summed E-state index contributed by atoms with van der Waals surface area (Å²) in [4.78, 5) is 0. The van der Waals surface area contributed by atoms with Crippen LogP contribution in [0.4, 0.5) is 5.69 Å². The van der Waals surface area contributed by atoms with Gasteiger partial charge in [-0.25, -0.2) is 0 Å². The first kappa shape index (κ1) is 14.6. The summed E-state index contributed by atoms with van der Waals surface area (Å²) >= 11 is 5.88. The van der Waals surface area contributed by atoms with Crippen molar-refractivity contribution in [2.24, 2.45) is 5.92 Å². The van der Waals surface area contributed by atoms with Gasteiger partial charge in [-0.3, -0.25) is 0 Å². The number of hydrogen-bond acceptors (Lipinski definition) is 2. The predicted octanol–water partition coefficient (Wildman–Crippen LogP) is 4.67.